The van der Waals surface area contributed by atoms with Crippen LogP contribution in [-0.4, -0.2) is 12.1 Å². The van der Waals surface area contributed by atoms with Gasteiger partial charge >= 0.3 is 0 Å². The number of hydrogen-bond donors (Lipinski definition) is 1. The third-order valence-electron chi connectivity index (χ3n) is 3.19. The zero-order valence-electron chi connectivity index (χ0n) is 12.3. The fraction of sp³-hybridized carbons (Fsp3) is 0.400. The summed E-state index contributed by atoms with van der Waals surface area (Å²) in [5, 5.41) is 0.688. The Labute approximate surface area is 123 Å². The molecule has 1 heterocycles. The van der Waals surface area contributed by atoms with Crippen molar-refractivity contribution in [2.75, 3.05) is 7.11 Å². The molecule has 0 radical (unpaired) electrons. The number of methoxy groups -OCH3 is 1. The zero-order chi connectivity index (χ0) is 14.7. The first-order valence-electron chi connectivity index (χ1n) is 6.50. The number of nitrogens with two attached hydrogens (primary N) is 1. The highest BCUT2D eigenvalue weighted by Crippen LogP contribution is 2.30. The van der Waals surface area contributed by atoms with Crippen LogP contribution in [-0.2, 0) is 5.75 Å². The van der Waals surface area contributed by atoms with E-state index in [-0.39, 0.29) is 6.04 Å². The molecule has 2 N–H and O–H groups in total. The van der Waals surface area contributed by atoms with Crippen LogP contribution in [0.15, 0.2) is 27.8 Å². The summed E-state index contributed by atoms with van der Waals surface area (Å²) >= 11 is 1.56. The van der Waals surface area contributed by atoms with Crippen molar-refractivity contribution >= 4 is 11.8 Å². The van der Waals surface area contributed by atoms with Gasteiger partial charge in [-0.3, -0.25) is 0 Å². The van der Waals surface area contributed by atoms with Crippen molar-refractivity contribution < 1.29 is 9.15 Å². The minimum atomic E-state index is 0.0101. The average Bonchev–Trinajstić information content (AvgIpc) is 2.75. The second-order valence-electron chi connectivity index (χ2n) is 4.77. The van der Waals surface area contributed by atoms with Crippen molar-refractivity contribution in [2.45, 2.75) is 37.8 Å². The van der Waals surface area contributed by atoms with E-state index in [1.807, 2.05) is 32.9 Å². The Balaban J connectivity index is 2.16. The molecule has 1 unspecified atom stereocenters. The molecule has 2 rings (SSSR count). The van der Waals surface area contributed by atoms with Crippen molar-refractivity contribution in [3.63, 3.8) is 0 Å². The maximum Gasteiger partial charge on any atom is 0.256 e. The number of aromatic nitrogens is 1. The van der Waals surface area contributed by atoms with E-state index >= 15 is 0 Å². The molecule has 5 heteroatoms. The molecule has 1 atom stereocenters. The van der Waals surface area contributed by atoms with Crippen LogP contribution in [0.5, 0.6) is 5.75 Å². The molecule has 0 fully saturated rings. The van der Waals surface area contributed by atoms with E-state index in [1.165, 1.54) is 0 Å². The molecule has 0 amide bonds. The lowest BCUT2D eigenvalue weighted by Crippen LogP contribution is -2.05. The van der Waals surface area contributed by atoms with Crippen LogP contribution in [0.25, 0.3) is 0 Å². The number of thioether (sulfide) groups is 1. The van der Waals surface area contributed by atoms with Crippen molar-refractivity contribution in [1.29, 1.82) is 0 Å². The van der Waals surface area contributed by atoms with Gasteiger partial charge in [-0.05, 0) is 38.5 Å². The van der Waals surface area contributed by atoms with Gasteiger partial charge in [-0.15, -0.1) is 0 Å². The number of benzene rings is 1. The fourth-order valence-corrected chi connectivity index (χ4v) is 2.73. The van der Waals surface area contributed by atoms with Gasteiger partial charge in [0.2, 0.25) is 0 Å². The number of oxazole rings is 1. The van der Waals surface area contributed by atoms with Crippen LogP contribution in [0, 0.1) is 13.8 Å². The molecule has 0 aliphatic carbocycles. The highest BCUT2D eigenvalue weighted by atomic mass is 32.2. The first kappa shape index (κ1) is 14.9. The summed E-state index contributed by atoms with van der Waals surface area (Å²) in [6.07, 6.45) is 0. The summed E-state index contributed by atoms with van der Waals surface area (Å²) in [4.78, 5) is 4.37. The molecular weight excluding hydrogens is 272 g/mol. The molecule has 1 aromatic heterocycles. The van der Waals surface area contributed by atoms with Gasteiger partial charge in [0.05, 0.1) is 12.8 Å². The highest BCUT2D eigenvalue weighted by molar-refractivity contribution is 7.98. The van der Waals surface area contributed by atoms with E-state index in [0.29, 0.717) is 5.22 Å². The molecule has 2 aromatic rings. The maximum atomic E-state index is 5.93. The normalized spacial score (nSPS) is 12.4. The molecule has 1 aromatic carbocycles. The standard InChI is InChI=1S/C15H20N2O2S/c1-9(16)12-5-6-14(18-4)13(7-12)8-20-15-17-10(2)11(3)19-15/h5-7,9H,8,16H2,1-4H3. The van der Waals surface area contributed by atoms with Crippen LogP contribution >= 0.6 is 11.8 Å². The van der Waals surface area contributed by atoms with E-state index in [2.05, 4.69) is 11.1 Å². The molecule has 0 saturated carbocycles. The van der Waals surface area contributed by atoms with E-state index in [4.69, 9.17) is 14.9 Å². The van der Waals surface area contributed by atoms with Gasteiger partial charge in [0.15, 0.2) is 0 Å². The van der Waals surface area contributed by atoms with E-state index in [0.717, 1.165) is 34.1 Å². The topological polar surface area (TPSA) is 61.3 Å². The van der Waals surface area contributed by atoms with Gasteiger partial charge < -0.3 is 14.9 Å². The largest absolute Gasteiger partial charge is 0.496 e. The lowest BCUT2D eigenvalue weighted by molar-refractivity contribution is 0.410. The number of aryl methyl sites for hydroxylation is 2. The summed E-state index contributed by atoms with van der Waals surface area (Å²) < 4.78 is 11.0. The minimum absolute atomic E-state index is 0.0101. The van der Waals surface area contributed by atoms with Crippen molar-refractivity contribution in [2.24, 2.45) is 5.73 Å². The van der Waals surface area contributed by atoms with Gasteiger partial charge in [-0.25, -0.2) is 4.98 Å². The predicted octanol–water partition coefficient (Wildman–Crippen LogP) is 3.61. The van der Waals surface area contributed by atoms with Crippen LogP contribution in [0.3, 0.4) is 0 Å². The molecule has 20 heavy (non-hydrogen) atoms. The van der Waals surface area contributed by atoms with Crippen LogP contribution < -0.4 is 10.5 Å². The number of rotatable bonds is 5. The monoisotopic (exact) mass is 292 g/mol. The number of ether oxygens (including phenoxy) is 1. The number of hydrogen-bond acceptors (Lipinski definition) is 5. The lowest BCUT2D eigenvalue weighted by Gasteiger charge is -2.12. The third-order valence-corrected chi connectivity index (χ3v) is 4.07. The Kier molecular flexibility index (Phi) is 4.73. The van der Waals surface area contributed by atoms with Crippen LogP contribution in [0.2, 0.25) is 0 Å². The quantitative estimate of drug-likeness (QED) is 0.853. The molecule has 108 valence electrons. The Bertz CT molecular complexity index is 574. The van der Waals surface area contributed by atoms with E-state index in [9.17, 15) is 0 Å². The summed E-state index contributed by atoms with van der Waals surface area (Å²) in [6, 6.07) is 6.05. The summed E-state index contributed by atoms with van der Waals surface area (Å²) in [6.45, 7) is 5.84. The Morgan fingerprint density at radius 2 is 2.15 bits per heavy atom. The van der Waals surface area contributed by atoms with Gasteiger partial charge in [-0.1, -0.05) is 17.8 Å². The van der Waals surface area contributed by atoms with Gasteiger partial charge in [0, 0.05) is 17.4 Å². The second-order valence-corrected chi connectivity index (χ2v) is 5.70. The third kappa shape index (κ3) is 3.35. The van der Waals surface area contributed by atoms with E-state index < -0.39 is 0 Å². The second kappa shape index (κ2) is 6.33. The van der Waals surface area contributed by atoms with Crippen LogP contribution in [0.1, 0.15) is 35.5 Å². The van der Waals surface area contributed by atoms with Crippen molar-refractivity contribution in [1.82, 2.24) is 4.98 Å². The van der Waals surface area contributed by atoms with Gasteiger partial charge in [-0.2, -0.15) is 0 Å². The van der Waals surface area contributed by atoms with Crippen molar-refractivity contribution in [3.05, 3.63) is 40.8 Å². The number of nitrogens with zero attached hydrogens (tertiary/aromatic N) is 1. The average molecular weight is 292 g/mol. The first-order chi connectivity index (χ1) is 9.51. The molecule has 0 aliphatic heterocycles. The molecule has 4 nitrogen and oxygen atoms in total. The van der Waals surface area contributed by atoms with Crippen LogP contribution in [0.4, 0.5) is 0 Å². The van der Waals surface area contributed by atoms with Crippen molar-refractivity contribution in [3.8, 4) is 5.75 Å². The molecule has 0 spiro atoms. The summed E-state index contributed by atoms with van der Waals surface area (Å²) in [5.41, 5.74) is 9.06. The maximum absolute atomic E-state index is 5.93. The molecule has 0 bridgehead atoms. The summed E-state index contributed by atoms with van der Waals surface area (Å²) in [7, 11) is 1.68. The highest BCUT2D eigenvalue weighted by Gasteiger charge is 2.11. The Morgan fingerprint density at radius 1 is 1.40 bits per heavy atom. The van der Waals surface area contributed by atoms with Gasteiger partial charge in [0.1, 0.15) is 11.5 Å². The lowest BCUT2D eigenvalue weighted by atomic mass is 10.1. The summed E-state index contributed by atoms with van der Waals surface area (Å²) in [5.74, 6) is 2.47. The Hall–Kier alpha value is -1.46. The van der Waals surface area contributed by atoms with Gasteiger partial charge in [0.25, 0.3) is 5.22 Å². The van der Waals surface area contributed by atoms with E-state index in [1.54, 1.807) is 18.9 Å². The molecular formula is C15H20N2O2S. The minimum Gasteiger partial charge on any atom is -0.496 e. The SMILES string of the molecule is COc1ccc(C(C)N)cc1CSc1nc(C)c(C)o1. The molecule has 0 aliphatic rings. The predicted molar refractivity (Wildman–Crippen MR) is 81.1 cm³/mol. The smallest absolute Gasteiger partial charge is 0.256 e. The Morgan fingerprint density at radius 3 is 2.70 bits per heavy atom. The fourth-order valence-electron chi connectivity index (χ4n) is 1.84. The first-order valence-corrected chi connectivity index (χ1v) is 7.49. The zero-order valence-corrected chi connectivity index (χ0v) is 13.1. The molecule has 0 saturated heterocycles.